The van der Waals surface area contributed by atoms with E-state index in [2.05, 4.69) is 20.6 Å². The van der Waals surface area contributed by atoms with Crippen LogP contribution in [0, 0.1) is 0 Å². The number of benzene rings is 1. The Hall–Kier alpha value is -3.26. The summed E-state index contributed by atoms with van der Waals surface area (Å²) in [6.45, 7) is 0.366. The second-order valence-electron chi connectivity index (χ2n) is 5.60. The molecule has 0 saturated carbocycles. The molecule has 8 heteroatoms. The zero-order chi connectivity index (χ0) is 19.1. The molecular weight excluding hydrogens is 364 g/mol. The van der Waals surface area contributed by atoms with Crippen molar-refractivity contribution in [2.24, 2.45) is 0 Å². The van der Waals surface area contributed by atoms with Gasteiger partial charge in [0.25, 0.3) is 5.91 Å². The normalized spacial score (nSPS) is 10.3. The Balaban J connectivity index is 1.51. The lowest BCUT2D eigenvalue weighted by Crippen LogP contribution is -2.25. The molecule has 0 radical (unpaired) electrons. The molecule has 2 amide bonds. The first-order chi connectivity index (χ1) is 13.1. The molecular formula is C19H18N4O3S. The number of hydrogen-bond donors (Lipinski definition) is 2. The highest BCUT2D eigenvalue weighted by atomic mass is 32.1. The van der Waals surface area contributed by atoms with Crippen LogP contribution < -0.4 is 15.4 Å². The summed E-state index contributed by atoms with van der Waals surface area (Å²) in [5, 5.41) is 7.73. The van der Waals surface area contributed by atoms with E-state index in [-0.39, 0.29) is 18.2 Å². The number of amides is 2. The highest BCUT2D eigenvalue weighted by Crippen LogP contribution is 2.18. The van der Waals surface area contributed by atoms with Gasteiger partial charge in [0.1, 0.15) is 5.75 Å². The number of carbonyl (C=O) groups is 2. The number of aromatic nitrogens is 2. The Morgan fingerprint density at radius 2 is 1.93 bits per heavy atom. The maximum atomic E-state index is 12.2. The van der Waals surface area contributed by atoms with Gasteiger partial charge in [0.2, 0.25) is 5.91 Å². The summed E-state index contributed by atoms with van der Waals surface area (Å²) < 4.78 is 5.07. The highest BCUT2D eigenvalue weighted by Gasteiger charge is 2.11. The number of nitrogens with one attached hydrogen (secondary N) is 2. The van der Waals surface area contributed by atoms with Crippen LogP contribution in [0.2, 0.25) is 0 Å². The molecule has 0 fully saturated rings. The first-order valence-electron chi connectivity index (χ1n) is 8.20. The van der Waals surface area contributed by atoms with E-state index >= 15 is 0 Å². The zero-order valence-corrected chi connectivity index (χ0v) is 15.5. The van der Waals surface area contributed by atoms with E-state index in [9.17, 15) is 9.59 Å². The SMILES string of the molecule is COc1ccc(C(=O)Nc2nc(CC(=O)NCc3ccccn3)cs2)cc1. The second kappa shape index (κ2) is 8.91. The molecule has 2 N–H and O–H groups in total. The fourth-order valence-corrected chi connectivity index (χ4v) is 2.98. The summed E-state index contributed by atoms with van der Waals surface area (Å²) in [5.41, 5.74) is 1.89. The van der Waals surface area contributed by atoms with Crippen molar-refractivity contribution in [3.05, 3.63) is 71.0 Å². The van der Waals surface area contributed by atoms with E-state index in [1.54, 1.807) is 43.0 Å². The van der Waals surface area contributed by atoms with Crippen LogP contribution in [0.25, 0.3) is 0 Å². The number of carbonyl (C=O) groups excluding carboxylic acids is 2. The molecule has 0 aliphatic carbocycles. The molecule has 3 aromatic rings. The third-order valence-corrected chi connectivity index (χ3v) is 4.47. The topological polar surface area (TPSA) is 93.2 Å². The van der Waals surface area contributed by atoms with Crippen LogP contribution in [0.1, 0.15) is 21.7 Å². The van der Waals surface area contributed by atoms with Crippen molar-refractivity contribution in [3.63, 3.8) is 0 Å². The molecule has 3 rings (SSSR count). The fraction of sp³-hybridized carbons (Fsp3) is 0.158. The number of pyridine rings is 1. The van der Waals surface area contributed by atoms with Gasteiger partial charge in [-0.25, -0.2) is 4.98 Å². The molecule has 0 saturated heterocycles. The van der Waals surface area contributed by atoms with Gasteiger partial charge in [0.15, 0.2) is 5.13 Å². The van der Waals surface area contributed by atoms with Gasteiger partial charge in [0.05, 0.1) is 31.5 Å². The van der Waals surface area contributed by atoms with Crippen molar-refractivity contribution in [3.8, 4) is 5.75 Å². The van der Waals surface area contributed by atoms with Gasteiger partial charge < -0.3 is 10.1 Å². The first-order valence-corrected chi connectivity index (χ1v) is 9.08. The minimum Gasteiger partial charge on any atom is -0.497 e. The van der Waals surface area contributed by atoms with Crippen LogP contribution in [-0.4, -0.2) is 28.9 Å². The standard InChI is InChI=1S/C19H18N4O3S/c1-26-16-7-5-13(6-8-16)18(25)23-19-22-15(12-27-19)10-17(24)21-11-14-4-2-3-9-20-14/h2-9,12H,10-11H2,1H3,(H,21,24)(H,22,23,25). The summed E-state index contributed by atoms with van der Waals surface area (Å²) in [4.78, 5) is 32.7. The van der Waals surface area contributed by atoms with Crippen molar-refractivity contribution in [2.45, 2.75) is 13.0 Å². The van der Waals surface area contributed by atoms with Crippen LogP contribution in [0.4, 0.5) is 5.13 Å². The molecule has 2 heterocycles. The highest BCUT2D eigenvalue weighted by molar-refractivity contribution is 7.14. The maximum Gasteiger partial charge on any atom is 0.257 e. The number of methoxy groups -OCH3 is 1. The lowest BCUT2D eigenvalue weighted by atomic mass is 10.2. The number of ether oxygens (including phenoxy) is 1. The summed E-state index contributed by atoms with van der Waals surface area (Å²) in [5.74, 6) is 0.261. The largest absolute Gasteiger partial charge is 0.497 e. The van der Waals surface area contributed by atoms with Crippen molar-refractivity contribution in [1.82, 2.24) is 15.3 Å². The lowest BCUT2D eigenvalue weighted by molar-refractivity contribution is -0.120. The second-order valence-corrected chi connectivity index (χ2v) is 6.46. The van der Waals surface area contributed by atoms with E-state index in [1.165, 1.54) is 11.3 Å². The molecule has 7 nitrogen and oxygen atoms in total. The van der Waals surface area contributed by atoms with Crippen molar-refractivity contribution in [1.29, 1.82) is 0 Å². The Morgan fingerprint density at radius 3 is 2.63 bits per heavy atom. The van der Waals surface area contributed by atoms with Gasteiger partial charge >= 0.3 is 0 Å². The quantitative estimate of drug-likeness (QED) is 0.655. The number of anilines is 1. The number of rotatable bonds is 7. The number of thiazole rings is 1. The van der Waals surface area contributed by atoms with Crippen LogP contribution >= 0.6 is 11.3 Å². The summed E-state index contributed by atoms with van der Waals surface area (Å²) in [6.07, 6.45) is 1.82. The van der Waals surface area contributed by atoms with Crippen LogP contribution in [0.15, 0.2) is 54.0 Å². The monoisotopic (exact) mass is 382 g/mol. The van der Waals surface area contributed by atoms with Crippen LogP contribution in [-0.2, 0) is 17.8 Å². The molecule has 0 spiro atoms. The molecule has 138 valence electrons. The summed E-state index contributed by atoms with van der Waals surface area (Å²) >= 11 is 1.28. The van der Waals surface area contributed by atoms with Crippen LogP contribution in [0.3, 0.4) is 0 Å². The van der Waals surface area contributed by atoms with Crippen molar-refractivity contribution < 1.29 is 14.3 Å². The summed E-state index contributed by atoms with van der Waals surface area (Å²) in [7, 11) is 1.57. The van der Waals surface area contributed by atoms with E-state index in [0.29, 0.717) is 28.7 Å². The Bertz CT molecular complexity index is 910. The predicted octanol–water partition coefficient (Wildman–Crippen LogP) is 2.66. The Kier molecular flexibility index (Phi) is 6.11. The minimum absolute atomic E-state index is 0.141. The smallest absolute Gasteiger partial charge is 0.257 e. The molecule has 0 aliphatic heterocycles. The van der Waals surface area contributed by atoms with E-state index in [0.717, 1.165) is 5.69 Å². The minimum atomic E-state index is -0.266. The Morgan fingerprint density at radius 1 is 1.11 bits per heavy atom. The van der Waals surface area contributed by atoms with Gasteiger partial charge in [-0.3, -0.25) is 19.9 Å². The third kappa shape index (κ3) is 5.35. The fourth-order valence-electron chi connectivity index (χ4n) is 2.28. The van der Waals surface area contributed by atoms with Crippen LogP contribution in [0.5, 0.6) is 5.75 Å². The third-order valence-electron chi connectivity index (χ3n) is 3.66. The molecule has 0 bridgehead atoms. The average molecular weight is 382 g/mol. The average Bonchev–Trinajstić information content (AvgIpc) is 3.14. The van der Waals surface area contributed by atoms with Gasteiger partial charge in [-0.1, -0.05) is 6.07 Å². The molecule has 0 unspecified atom stereocenters. The maximum absolute atomic E-state index is 12.2. The molecule has 0 aliphatic rings. The first kappa shape index (κ1) is 18.5. The molecule has 0 atom stereocenters. The van der Waals surface area contributed by atoms with E-state index in [1.807, 2.05) is 18.2 Å². The molecule has 2 aromatic heterocycles. The van der Waals surface area contributed by atoms with Gasteiger partial charge in [0, 0.05) is 17.1 Å². The molecule has 1 aromatic carbocycles. The van der Waals surface area contributed by atoms with E-state index < -0.39 is 0 Å². The summed E-state index contributed by atoms with van der Waals surface area (Å²) in [6, 6.07) is 12.3. The molecule has 27 heavy (non-hydrogen) atoms. The Labute approximate surface area is 160 Å². The van der Waals surface area contributed by atoms with Gasteiger partial charge in [-0.05, 0) is 36.4 Å². The predicted molar refractivity (Wildman–Crippen MR) is 103 cm³/mol. The van der Waals surface area contributed by atoms with Crippen molar-refractivity contribution >= 4 is 28.3 Å². The number of hydrogen-bond acceptors (Lipinski definition) is 6. The van der Waals surface area contributed by atoms with Gasteiger partial charge in [-0.15, -0.1) is 11.3 Å². The zero-order valence-electron chi connectivity index (χ0n) is 14.6. The van der Waals surface area contributed by atoms with Gasteiger partial charge in [-0.2, -0.15) is 0 Å². The van der Waals surface area contributed by atoms with E-state index in [4.69, 9.17) is 4.74 Å². The lowest BCUT2D eigenvalue weighted by Gasteiger charge is -2.04. The number of nitrogens with zero attached hydrogens (tertiary/aromatic N) is 2. The van der Waals surface area contributed by atoms with Crippen molar-refractivity contribution in [2.75, 3.05) is 12.4 Å².